The molecule has 132 valence electrons. The first kappa shape index (κ1) is 17.2. The molecule has 0 aliphatic rings. The zero-order valence-electron chi connectivity index (χ0n) is 13.7. The Morgan fingerprint density at radius 1 is 1.19 bits per heavy atom. The van der Waals surface area contributed by atoms with E-state index in [-0.39, 0.29) is 11.3 Å². The van der Waals surface area contributed by atoms with Crippen LogP contribution in [0.25, 0.3) is 5.69 Å². The van der Waals surface area contributed by atoms with Crippen molar-refractivity contribution in [2.45, 2.75) is 6.92 Å². The fourth-order valence-corrected chi connectivity index (χ4v) is 2.15. The summed E-state index contributed by atoms with van der Waals surface area (Å²) in [4.78, 5) is 23.8. The summed E-state index contributed by atoms with van der Waals surface area (Å²) in [5.74, 6) is -1.86. The Bertz CT molecular complexity index is 926. The lowest BCUT2D eigenvalue weighted by atomic mass is 10.2. The molecule has 0 saturated carbocycles. The molecule has 26 heavy (non-hydrogen) atoms. The van der Waals surface area contributed by atoms with Gasteiger partial charge in [-0.2, -0.15) is 0 Å². The fourth-order valence-electron chi connectivity index (χ4n) is 2.15. The van der Waals surface area contributed by atoms with E-state index in [1.807, 2.05) is 0 Å². The summed E-state index contributed by atoms with van der Waals surface area (Å²) < 4.78 is 20.1. The Balaban J connectivity index is 1.55. The van der Waals surface area contributed by atoms with E-state index in [0.717, 1.165) is 5.56 Å². The second-order valence-electron chi connectivity index (χ2n) is 5.41. The molecule has 0 spiro atoms. The lowest BCUT2D eigenvalue weighted by Crippen LogP contribution is -2.21. The lowest BCUT2D eigenvalue weighted by Gasteiger charge is -2.08. The second kappa shape index (κ2) is 7.51. The summed E-state index contributed by atoms with van der Waals surface area (Å²) in [6.45, 7) is 1.21. The third-order valence-electron chi connectivity index (χ3n) is 3.45. The molecule has 0 aliphatic carbocycles. The number of carbonyl (C=O) groups is 2. The summed E-state index contributed by atoms with van der Waals surface area (Å²) in [5, 5.41) is 13.1. The number of nitrogens with zero attached hydrogens (tertiary/aromatic N) is 4. The normalized spacial score (nSPS) is 10.4. The van der Waals surface area contributed by atoms with Gasteiger partial charge in [-0.1, -0.05) is 6.07 Å². The summed E-state index contributed by atoms with van der Waals surface area (Å²) in [7, 11) is 0. The van der Waals surface area contributed by atoms with Crippen LogP contribution in [0.15, 0.2) is 48.8 Å². The Hall–Kier alpha value is -3.62. The molecular weight excluding hydrogens is 341 g/mol. The number of hydrogen-bond donors (Lipinski definition) is 1. The van der Waals surface area contributed by atoms with Crippen LogP contribution < -0.4 is 5.32 Å². The molecule has 0 bridgehead atoms. The Morgan fingerprint density at radius 2 is 1.96 bits per heavy atom. The van der Waals surface area contributed by atoms with Crippen LogP contribution in [0.3, 0.4) is 0 Å². The number of amides is 1. The molecule has 1 aromatic heterocycles. The van der Waals surface area contributed by atoms with Gasteiger partial charge in [-0.3, -0.25) is 4.79 Å². The van der Waals surface area contributed by atoms with Crippen molar-refractivity contribution in [2.24, 2.45) is 0 Å². The zero-order valence-corrected chi connectivity index (χ0v) is 13.7. The number of hydrogen-bond acceptors (Lipinski definition) is 6. The molecule has 0 saturated heterocycles. The maximum Gasteiger partial charge on any atom is 0.338 e. The minimum atomic E-state index is -0.673. The molecule has 8 nitrogen and oxygen atoms in total. The van der Waals surface area contributed by atoms with Gasteiger partial charge in [0.2, 0.25) is 0 Å². The molecule has 0 atom stereocenters. The number of esters is 1. The highest BCUT2D eigenvalue weighted by Gasteiger charge is 2.12. The van der Waals surface area contributed by atoms with E-state index in [0.29, 0.717) is 5.69 Å². The van der Waals surface area contributed by atoms with E-state index < -0.39 is 24.3 Å². The first-order valence-electron chi connectivity index (χ1n) is 7.59. The van der Waals surface area contributed by atoms with Gasteiger partial charge in [0.15, 0.2) is 6.61 Å². The van der Waals surface area contributed by atoms with Gasteiger partial charge >= 0.3 is 5.97 Å². The summed E-state index contributed by atoms with van der Waals surface area (Å²) in [6, 6.07) is 10.7. The van der Waals surface area contributed by atoms with Crippen LogP contribution in [0, 0.1) is 12.7 Å². The number of ether oxygens (including phenoxy) is 1. The van der Waals surface area contributed by atoms with Crippen LogP contribution in [0.1, 0.15) is 15.9 Å². The number of carbonyl (C=O) groups excluding carboxylic acids is 2. The van der Waals surface area contributed by atoms with Gasteiger partial charge in [-0.15, -0.1) is 5.10 Å². The number of anilines is 1. The second-order valence-corrected chi connectivity index (χ2v) is 5.41. The first-order chi connectivity index (χ1) is 12.5. The van der Waals surface area contributed by atoms with Gasteiger partial charge in [0.1, 0.15) is 12.1 Å². The zero-order chi connectivity index (χ0) is 18.5. The Morgan fingerprint density at radius 3 is 2.62 bits per heavy atom. The van der Waals surface area contributed by atoms with Gasteiger partial charge in [-0.05, 0) is 59.3 Å². The summed E-state index contributed by atoms with van der Waals surface area (Å²) in [6.07, 6.45) is 1.42. The van der Waals surface area contributed by atoms with E-state index in [1.165, 1.54) is 35.3 Å². The summed E-state index contributed by atoms with van der Waals surface area (Å²) >= 11 is 0. The van der Waals surface area contributed by atoms with Crippen molar-refractivity contribution >= 4 is 17.6 Å². The van der Waals surface area contributed by atoms with Gasteiger partial charge in [-0.25, -0.2) is 13.9 Å². The van der Waals surface area contributed by atoms with Gasteiger partial charge in [0.05, 0.1) is 16.9 Å². The van der Waals surface area contributed by atoms with E-state index in [1.54, 1.807) is 25.1 Å². The summed E-state index contributed by atoms with van der Waals surface area (Å²) in [5.41, 5.74) is 1.69. The van der Waals surface area contributed by atoms with Crippen molar-refractivity contribution in [1.82, 2.24) is 20.2 Å². The SMILES string of the molecule is Cc1ccc(NC(=O)COC(=O)c2ccc(-n3cnnn3)cc2)c(F)c1. The Kier molecular flexibility index (Phi) is 4.97. The van der Waals surface area contributed by atoms with Crippen LogP contribution in [0.5, 0.6) is 0 Å². The minimum absolute atomic E-state index is 0.0300. The predicted octanol–water partition coefficient (Wildman–Crippen LogP) is 1.91. The van der Waals surface area contributed by atoms with Gasteiger partial charge < -0.3 is 10.1 Å². The van der Waals surface area contributed by atoms with E-state index in [4.69, 9.17) is 4.74 Å². The van der Waals surface area contributed by atoms with Crippen LogP contribution >= 0.6 is 0 Å². The predicted molar refractivity (Wildman–Crippen MR) is 89.2 cm³/mol. The van der Waals surface area contributed by atoms with E-state index in [2.05, 4.69) is 20.8 Å². The van der Waals surface area contributed by atoms with Crippen molar-refractivity contribution in [2.75, 3.05) is 11.9 Å². The topological polar surface area (TPSA) is 99.0 Å². The Labute approximate surface area is 147 Å². The molecule has 1 heterocycles. The molecule has 1 amide bonds. The maximum atomic E-state index is 13.7. The van der Waals surface area contributed by atoms with Crippen LogP contribution in [-0.4, -0.2) is 38.7 Å². The number of benzene rings is 2. The van der Waals surface area contributed by atoms with Crippen LogP contribution in [-0.2, 0) is 9.53 Å². The molecule has 1 N–H and O–H groups in total. The molecule has 0 fully saturated rings. The van der Waals surface area contributed by atoms with E-state index >= 15 is 0 Å². The molecule has 3 aromatic rings. The molecular formula is C17H14FN5O3. The quantitative estimate of drug-likeness (QED) is 0.702. The molecule has 9 heteroatoms. The highest BCUT2D eigenvalue weighted by molar-refractivity contribution is 5.95. The van der Waals surface area contributed by atoms with Gasteiger partial charge in [0, 0.05) is 0 Å². The largest absolute Gasteiger partial charge is 0.452 e. The lowest BCUT2D eigenvalue weighted by molar-refractivity contribution is -0.119. The van der Waals surface area contributed by atoms with E-state index in [9.17, 15) is 14.0 Å². The number of tetrazole rings is 1. The van der Waals surface area contributed by atoms with Crippen molar-refractivity contribution in [3.05, 3.63) is 65.7 Å². The number of aromatic nitrogens is 4. The highest BCUT2D eigenvalue weighted by atomic mass is 19.1. The van der Waals surface area contributed by atoms with Crippen LogP contribution in [0.4, 0.5) is 10.1 Å². The monoisotopic (exact) mass is 355 g/mol. The minimum Gasteiger partial charge on any atom is -0.452 e. The van der Waals surface area contributed by atoms with Crippen molar-refractivity contribution < 1.29 is 18.7 Å². The molecule has 2 aromatic carbocycles. The average Bonchev–Trinajstić information content (AvgIpc) is 3.17. The first-order valence-corrected chi connectivity index (χ1v) is 7.59. The van der Waals surface area contributed by atoms with Crippen molar-refractivity contribution in [3.63, 3.8) is 0 Å². The standard InChI is InChI=1S/C17H14FN5O3/c1-11-2-7-15(14(18)8-11)20-16(24)9-26-17(25)12-3-5-13(6-4-12)23-10-19-21-22-23/h2-8,10H,9H2,1H3,(H,20,24). The molecule has 0 aliphatic heterocycles. The van der Waals surface area contributed by atoms with Crippen LogP contribution in [0.2, 0.25) is 0 Å². The number of halogens is 1. The number of aryl methyl sites for hydroxylation is 1. The number of rotatable bonds is 5. The third kappa shape index (κ3) is 4.07. The molecule has 3 rings (SSSR count). The smallest absolute Gasteiger partial charge is 0.338 e. The van der Waals surface area contributed by atoms with Crippen molar-refractivity contribution in [3.8, 4) is 5.69 Å². The molecule has 0 unspecified atom stereocenters. The fraction of sp³-hybridized carbons (Fsp3) is 0.118. The average molecular weight is 355 g/mol. The number of nitrogens with one attached hydrogen (secondary N) is 1. The van der Waals surface area contributed by atoms with Gasteiger partial charge in [0.25, 0.3) is 5.91 Å². The maximum absolute atomic E-state index is 13.7. The highest BCUT2D eigenvalue weighted by Crippen LogP contribution is 2.15. The van der Waals surface area contributed by atoms with Crippen molar-refractivity contribution in [1.29, 1.82) is 0 Å². The third-order valence-corrected chi connectivity index (χ3v) is 3.45. The molecule has 0 radical (unpaired) electrons.